The summed E-state index contributed by atoms with van der Waals surface area (Å²) in [6.07, 6.45) is 3.88. The van der Waals surface area contributed by atoms with Crippen molar-refractivity contribution in [2.45, 2.75) is 44.4 Å². The number of rotatable bonds is 3. The van der Waals surface area contributed by atoms with Crippen LogP contribution in [-0.4, -0.2) is 22.4 Å². The van der Waals surface area contributed by atoms with E-state index in [-0.39, 0.29) is 12.1 Å². The van der Waals surface area contributed by atoms with E-state index in [4.69, 9.17) is 12.2 Å². The molecule has 0 bridgehead atoms. The van der Waals surface area contributed by atoms with Crippen LogP contribution < -0.4 is 10.6 Å². The molecule has 1 aromatic carbocycles. The molecule has 0 unspecified atom stereocenters. The Morgan fingerprint density at radius 2 is 1.94 bits per heavy atom. The summed E-state index contributed by atoms with van der Waals surface area (Å²) in [6.45, 7) is 0.718. The molecule has 1 aromatic rings. The molecular weight excluding hydrogens is 244 g/mol. The van der Waals surface area contributed by atoms with Crippen molar-refractivity contribution in [1.82, 2.24) is 10.6 Å². The second-order valence-corrected chi connectivity index (χ2v) is 5.18. The topological polar surface area (TPSA) is 44.3 Å². The molecule has 3 N–H and O–H groups in total. The van der Waals surface area contributed by atoms with Gasteiger partial charge in [-0.3, -0.25) is 0 Å². The van der Waals surface area contributed by atoms with E-state index in [1.54, 1.807) is 0 Å². The lowest BCUT2D eigenvalue weighted by Gasteiger charge is -2.29. The van der Waals surface area contributed by atoms with Gasteiger partial charge in [0.05, 0.1) is 12.1 Å². The molecule has 0 radical (unpaired) electrons. The highest BCUT2D eigenvalue weighted by Gasteiger charge is 2.23. The van der Waals surface area contributed by atoms with E-state index >= 15 is 0 Å². The fourth-order valence-electron chi connectivity index (χ4n) is 2.28. The Hall–Kier alpha value is -1.13. The van der Waals surface area contributed by atoms with Crippen LogP contribution in [0.15, 0.2) is 30.3 Å². The maximum absolute atomic E-state index is 9.85. The first-order valence-corrected chi connectivity index (χ1v) is 6.93. The smallest absolute Gasteiger partial charge is 0.166 e. The minimum atomic E-state index is -0.268. The van der Waals surface area contributed by atoms with Crippen molar-refractivity contribution < 1.29 is 5.11 Å². The average Bonchev–Trinajstić information content (AvgIpc) is 2.40. The molecule has 1 aliphatic carbocycles. The van der Waals surface area contributed by atoms with Gasteiger partial charge < -0.3 is 15.7 Å². The number of hydrogen-bond donors (Lipinski definition) is 3. The second-order valence-electron chi connectivity index (χ2n) is 4.77. The van der Waals surface area contributed by atoms with E-state index in [1.807, 2.05) is 18.2 Å². The summed E-state index contributed by atoms with van der Waals surface area (Å²) >= 11 is 5.25. The van der Waals surface area contributed by atoms with Gasteiger partial charge >= 0.3 is 0 Å². The molecule has 0 aromatic heterocycles. The van der Waals surface area contributed by atoms with Gasteiger partial charge in [-0.2, -0.15) is 0 Å². The van der Waals surface area contributed by atoms with Gasteiger partial charge in [0.2, 0.25) is 0 Å². The first-order chi connectivity index (χ1) is 8.75. The number of benzene rings is 1. The molecule has 0 aliphatic heterocycles. The molecule has 0 heterocycles. The highest BCUT2D eigenvalue weighted by atomic mass is 32.1. The maximum atomic E-state index is 9.85. The third kappa shape index (κ3) is 3.96. The van der Waals surface area contributed by atoms with Crippen LogP contribution in [0.25, 0.3) is 0 Å². The molecular formula is C14H20N2OS. The van der Waals surface area contributed by atoms with E-state index in [0.29, 0.717) is 5.11 Å². The van der Waals surface area contributed by atoms with Gasteiger partial charge in [-0.1, -0.05) is 43.2 Å². The van der Waals surface area contributed by atoms with Crippen LogP contribution in [0.2, 0.25) is 0 Å². The highest BCUT2D eigenvalue weighted by molar-refractivity contribution is 7.80. The Morgan fingerprint density at radius 3 is 2.67 bits per heavy atom. The molecule has 3 nitrogen and oxygen atoms in total. The Bertz CT molecular complexity index is 383. The first kappa shape index (κ1) is 13.3. The molecule has 18 heavy (non-hydrogen) atoms. The predicted octanol–water partition coefficient (Wildman–Crippen LogP) is 1.95. The fraction of sp³-hybridized carbons (Fsp3) is 0.500. The van der Waals surface area contributed by atoms with Gasteiger partial charge in [0, 0.05) is 6.54 Å². The van der Waals surface area contributed by atoms with Crippen molar-refractivity contribution in [3.8, 4) is 0 Å². The minimum absolute atomic E-state index is 0.106. The molecule has 2 atom stereocenters. The van der Waals surface area contributed by atoms with Crippen LogP contribution >= 0.6 is 12.2 Å². The lowest BCUT2D eigenvalue weighted by atomic mass is 9.93. The van der Waals surface area contributed by atoms with Crippen molar-refractivity contribution >= 4 is 17.3 Å². The SMILES string of the molecule is O[C@@H]1CCCC[C@@H]1NC(=S)NCc1ccccc1. The maximum Gasteiger partial charge on any atom is 0.166 e. The lowest BCUT2D eigenvalue weighted by Crippen LogP contribution is -2.48. The van der Waals surface area contributed by atoms with Crippen molar-refractivity contribution in [2.75, 3.05) is 0 Å². The van der Waals surface area contributed by atoms with Crippen LogP contribution in [-0.2, 0) is 6.54 Å². The Morgan fingerprint density at radius 1 is 1.22 bits per heavy atom. The molecule has 0 spiro atoms. The van der Waals surface area contributed by atoms with E-state index in [2.05, 4.69) is 22.8 Å². The summed E-state index contributed by atoms with van der Waals surface area (Å²) in [5.74, 6) is 0. The summed E-state index contributed by atoms with van der Waals surface area (Å²) in [5, 5.41) is 16.9. The summed E-state index contributed by atoms with van der Waals surface area (Å²) in [6, 6.07) is 10.3. The summed E-state index contributed by atoms with van der Waals surface area (Å²) in [5.41, 5.74) is 1.20. The first-order valence-electron chi connectivity index (χ1n) is 6.52. The Labute approximate surface area is 114 Å². The molecule has 1 saturated carbocycles. The van der Waals surface area contributed by atoms with E-state index in [9.17, 15) is 5.11 Å². The van der Waals surface area contributed by atoms with E-state index in [1.165, 1.54) is 5.56 Å². The minimum Gasteiger partial charge on any atom is -0.391 e. The number of thiocarbonyl (C=S) groups is 1. The quantitative estimate of drug-likeness (QED) is 0.730. The van der Waals surface area contributed by atoms with E-state index in [0.717, 1.165) is 32.2 Å². The molecule has 98 valence electrons. The summed E-state index contributed by atoms with van der Waals surface area (Å²) in [7, 11) is 0. The van der Waals surface area contributed by atoms with E-state index < -0.39 is 0 Å². The van der Waals surface area contributed by atoms with Gasteiger partial charge in [0.15, 0.2) is 5.11 Å². The average molecular weight is 264 g/mol. The van der Waals surface area contributed by atoms with Gasteiger partial charge in [-0.15, -0.1) is 0 Å². The van der Waals surface area contributed by atoms with Crippen molar-refractivity contribution in [2.24, 2.45) is 0 Å². The monoisotopic (exact) mass is 264 g/mol. The number of aliphatic hydroxyl groups excluding tert-OH is 1. The van der Waals surface area contributed by atoms with Crippen molar-refractivity contribution in [1.29, 1.82) is 0 Å². The third-order valence-corrected chi connectivity index (χ3v) is 3.60. The van der Waals surface area contributed by atoms with Crippen LogP contribution in [0.4, 0.5) is 0 Å². The normalized spacial score (nSPS) is 23.4. The number of nitrogens with one attached hydrogen (secondary N) is 2. The second kappa shape index (κ2) is 6.71. The van der Waals surface area contributed by atoms with Gasteiger partial charge in [-0.25, -0.2) is 0 Å². The van der Waals surface area contributed by atoms with Crippen LogP contribution in [0.1, 0.15) is 31.2 Å². The Kier molecular flexibility index (Phi) is 4.96. The zero-order valence-electron chi connectivity index (χ0n) is 10.4. The zero-order chi connectivity index (χ0) is 12.8. The molecule has 2 rings (SSSR count). The van der Waals surface area contributed by atoms with Crippen LogP contribution in [0.3, 0.4) is 0 Å². The molecule has 1 aliphatic rings. The molecule has 0 saturated heterocycles. The van der Waals surface area contributed by atoms with Gasteiger partial charge in [-0.05, 0) is 30.6 Å². The van der Waals surface area contributed by atoms with Crippen LogP contribution in [0, 0.1) is 0 Å². The molecule has 4 heteroatoms. The molecule has 0 amide bonds. The number of hydrogen-bond acceptors (Lipinski definition) is 2. The van der Waals surface area contributed by atoms with Crippen molar-refractivity contribution in [3.63, 3.8) is 0 Å². The summed E-state index contributed by atoms with van der Waals surface area (Å²) < 4.78 is 0. The standard InChI is InChI=1S/C14H20N2OS/c17-13-9-5-4-8-12(13)16-14(18)15-10-11-6-2-1-3-7-11/h1-3,6-7,12-13,17H,4-5,8-10H2,(H2,15,16,18)/t12-,13+/m0/s1. The number of aliphatic hydroxyl groups is 1. The van der Waals surface area contributed by atoms with Gasteiger partial charge in [0.1, 0.15) is 0 Å². The zero-order valence-corrected chi connectivity index (χ0v) is 11.2. The third-order valence-electron chi connectivity index (χ3n) is 3.34. The van der Waals surface area contributed by atoms with Crippen molar-refractivity contribution in [3.05, 3.63) is 35.9 Å². The lowest BCUT2D eigenvalue weighted by molar-refractivity contribution is 0.0997. The largest absolute Gasteiger partial charge is 0.391 e. The Balaban J connectivity index is 1.75. The van der Waals surface area contributed by atoms with Crippen LogP contribution in [0.5, 0.6) is 0 Å². The summed E-state index contributed by atoms with van der Waals surface area (Å²) in [4.78, 5) is 0. The van der Waals surface area contributed by atoms with Gasteiger partial charge in [0.25, 0.3) is 0 Å². The highest BCUT2D eigenvalue weighted by Crippen LogP contribution is 2.18. The fourth-order valence-corrected chi connectivity index (χ4v) is 2.50. The molecule has 1 fully saturated rings. The predicted molar refractivity (Wildman–Crippen MR) is 77.3 cm³/mol.